The summed E-state index contributed by atoms with van der Waals surface area (Å²) in [4.78, 5) is 14.2. The summed E-state index contributed by atoms with van der Waals surface area (Å²) in [6.45, 7) is 3.32. The zero-order chi connectivity index (χ0) is 17.3. The molecule has 1 saturated heterocycles. The maximum absolute atomic E-state index is 12.4. The highest BCUT2D eigenvalue weighted by Gasteiger charge is 2.31. The average Bonchev–Trinajstić information content (AvgIpc) is 3.24. The van der Waals surface area contributed by atoms with Crippen molar-refractivity contribution in [1.29, 1.82) is 0 Å². The fourth-order valence-corrected chi connectivity index (χ4v) is 3.20. The second kappa shape index (κ2) is 7.09. The number of benzene rings is 1. The van der Waals surface area contributed by atoms with Crippen molar-refractivity contribution in [3.8, 4) is 11.5 Å². The molecule has 1 aromatic carbocycles. The molecule has 0 unspecified atom stereocenters. The van der Waals surface area contributed by atoms with Crippen molar-refractivity contribution >= 4 is 29.1 Å². The number of carbonyl (C=O) groups is 1. The lowest BCUT2D eigenvalue weighted by atomic mass is 10.0. The van der Waals surface area contributed by atoms with Crippen LogP contribution in [0, 0.1) is 0 Å². The number of likely N-dealkylation sites (tertiary alicyclic amines) is 1. The molecule has 0 radical (unpaired) electrons. The van der Waals surface area contributed by atoms with Crippen molar-refractivity contribution in [3.63, 3.8) is 0 Å². The number of nitrogens with zero attached hydrogens (tertiary/aromatic N) is 3. The number of hydrogen-bond donors (Lipinski definition) is 1. The number of aromatic nitrogens is 2. The van der Waals surface area contributed by atoms with Gasteiger partial charge in [0.25, 0.3) is 0 Å². The Hall–Kier alpha value is -1.63. The minimum Gasteiger partial charge on any atom is -0.420 e. The van der Waals surface area contributed by atoms with Crippen molar-refractivity contribution in [2.75, 3.05) is 13.1 Å². The van der Waals surface area contributed by atoms with Crippen LogP contribution >= 0.6 is 23.2 Å². The first kappa shape index (κ1) is 17.2. The van der Waals surface area contributed by atoms with E-state index in [0.717, 1.165) is 25.9 Å². The Balaban J connectivity index is 1.77. The smallest absolute Gasteiger partial charge is 0.249 e. The van der Waals surface area contributed by atoms with Gasteiger partial charge in [-0.3, -0.25) is 4.79 Å². The highest BCUT2D eigenvalue weighted by Crippen LogP contribution is 2.31. The van der Waals surface area contributed by atoms with E-state index in [2.05, 4.69) is 10.2 Å². The van der Waals surface area contributed by atoms with Crippen LogP contribution in [0.15, 0.2) is 22.6 Å². The Bertz CT molecular complexity index is 743. The van der Waals surface area contributed by atoms with E-state index in [-0.39, 0.29) is 17.7 Å². The molecule has 2 heterocycles. The maximum atomic E-state index is 12.4. The SMILES string of the molecule is C[C@H](c1nnc(-c2ccc(Cl)cc2Cl)o1)[C@H](N)C(=O)N1CCCC1. The topological polar surface area (TPSA) is 85.2 Å². The van der Waals surface area contributed by atoms with Crippen LogP contribution < -0.4 is 5.73 Å². The quantitative estimate of drug-likeness (QED) is 0.895. The molecule has 24 heavy (non-hydrogen) atoms. The molecule has 128 valence electrons. The second-order valence-corrected chi connectivity index (χ2v) is 6.76. The van der Waals surface area contributed by atoms with Gasteiger partial charge in [0.1, 0.15) is 0 Å². The van der Waals surface area contributed by atoms with Gasteiger partial charge in [-0.2, -0.15) is 0 Å². The molecule has 6 nitrogen and oxygen atoms in total. The zero-order valence-corrected chi connectivity index (χ0v) is 14.7. The molecule has 0 aliphatic carbocycles. The lowest BCUT2D eigenvalue weighted by molar-refractivity contribution is -0.132. The number of carbonyl (C=O) groups excluding carboxylic acids is 1. The van der Waals surface area contributed by atoms with Gasteiger partial charge in [-0.25, -0.2) is 0 Å². The number of amides is 1. The summed E-state index contributed by atoms with van der Waals surface area (Å²) in [7, 11) is 0. The number of nitrogens with two attached hydrogens (primary N) is 1. The van der Waals surface area contributed by atoms with Gasteiger partial charge in [0.15, 0.2) is 0 Å². The summed E-state index contributed by atoms with van der Waals surface area (Å²) in [6, 6.07) is 4.30. The standard InChI is InChI=1S/C16H18Cl2N4O2/c1-9(13(19)16(23)22-6-2-3-7-22)14-20-21-15(24-14)11-5-4-10(17)8-12(11)18/h4-5,8-9,13H,2-3,6-7,19H2,1H3/t9-,13-/m0/s1. The Morgan fingerprint density at radius 3 is 2.67 bits per heavy atom. The molecule has 2 aromatic rings. The van der Waals surface area contributed by atoms with Crippen LogP contribution in [-0.2, 0) is 4.79 Å². The van der Waals surface area contributed by atoms with E-state index in [4.69, 9.17) is 33.4 Å². The van der Waals surface area contributed by atoms with E-state index in [9.17, 15) is 4.79 Å². The molecule has 1 aliphatic heterocycles. The van der Waals surface area contributed by atoms with Crippen LogP contribution in [0.2, 0.25) is 10.0 Å². The average molecular weight is 369 g/mol. The summed E-state index contributed by atoms with van der Waals surface area (Å²) in [5, 5.41) is 8.98. The summed E-state index contributed by atoms with van der Waals surface area (Å²) < 4.78 is 5.69. The van der Waals surface area contributed by atoms with E-state index < -0.39 is 6.04 Å². The van der Waals surface area contributed by atoms with Crippen LogP contribution in [-0.4, -0.2) is 40.1 Å². The molecule has 2 atom stereocenters. The molecule has 1 amide bonds. The van der Waals surface area contributed by atoms with Crippen molar-refractivity contribution in [2.24, 2.45) is 5.73 Å². The van der Waals surface area contributed by atoms with Crippen molar-refractivity contribution < 1.29 is 9.21 Å². The lowest BCUT2D eigenvalue weighted by Gasteiger charge is -2.22. The number of halogens is 2. The van der Waals surface area contributed by atoms with Crippen LogP contribution in [0.25, 0.3) is 11.5 Å². The minimum absolute atomic E-state index is 0.0794. The van der Waals surface area contributed by atoms with Gasteiger partial charge in [0.2, 0.25) is 17.7 Å². The minimum atomic E-state index is -0.711. The van der Waals surface area contributed by atoms with Crippen LogP contribution in [0.1, 0.15) is 31.6 Å². The molecular formula is C16H18Cl2N4O2. The van der Waals surface area contributed by atoms with Gasteiger partial charge in [-0.1, -0.05) is 30.1 Å². The molecule has 0 spiro atoms. The number of rotatable bonds is 4. The van der Waals surface area contributed by atoms with Crippen LogP contribution in [0.5, 0.6) is 0 Å². The Kier molecular flexibility index (Phi) is 5.08. The Morgan fingerprint density at radius 2 is 2.00 bits per heavy atom. The van der Waals surface area contributed by atoms with Crippen molar-refractivity contribution in [3.05, 3.63) is 34.1 Å². The highest BCUT2D eigenvalue weighted by atomic mass is 35.5. The largest absolute Gasteiger partial charge is 0.420 e. The second-order valence-electron chi connectivity index (χ2n) is 5.92. The Labute approximate surface area is 149 Å². The predicted molar refractivity (Wildman–Crippen MR) is 92.0 cm³/mol. The van der Waals surface area contributed by atoms with Gasteiger partial charge >= 0.3 is 0 Å². The first-order chi connectivity index (χ1) is 11.5. The number of hydrogen-bond acceptors (Lipinski definition) is 5. The zero-order valence-electron chi connectivity index (χ0n) is 13.2. The van der Waals surface area contributed by atoms with E-state index in [1.165, 1.54) is 0 Å². The first-order valence-corrected chi connectivity index (χ1v) is 8.56. The highest BCUT2D eigenvalue weighted by molar-refractivity contribution is 6.36. The third kappa shape index (κ3) is 3.41. The molecule has 1 aromatic heterocycles. The summed E-state index contributed by atoms with van der Waals surface area (Å²) in [6.07, 6.45) is 2.04. The van der Waals surface area contributed by atoms with E-state index in [0.29, 0.717) is 21.5 Å². The van der Waals surface area contributed by atoms with Crippen molar-refractivity contribution in [2.45, 2.75) is 31.7 Å². The van der Waals surface area contributed by atoms with Gasteiger partial charge in [-0.15, -0.1) is 10.2 Å². The molecule has 0 bridgehead atoms. The summed E-state index contributed by atoms with van der Waals surface area (Å²) in [5.74, 6) is 0.130. The molecule has 1 fully saturated rings. The monoisotopic (exact) mass is 368 g/mol. The molecule has 2 N–H and O–H groups in total. The molecule has 8 heteroatoms. The van der Waals surface area contributed by atoms with E-state index in [1.54, 1.807) is 30.0 Å². The predicted octanol–water partition coefficient (Wildman–Crippen LogP) is 3.10. The van der Waals surface area contributed by atoms with E-state index >= 15 is 0 Å². The van der Waals surface area contributed by atoms with Gasteiger partial charge in [0.05, 0.1) is 22.5 Å². The Morgan fingerprint density at radius 1 is 1.29 bits per heavy atom. The summed E-state index contributed by atoms with van der Waals surface area (Å²) >= 11 is 12.0. The first-order valence-electron chi connectivity index (χ1n) is 7.80. The molecule has 1 aliphatic rings. The molecule has 0 saturated carbocycles. The third-order valence-corrected chi connectivity index (χ3v) is 4.78. The van der Waals surface area contributed by atoms with E-state index in [1.807, 2.05) is 0 Å². The van der Waals surface area contributed by atoms with Crippen molar-refractivity contribution in [1.82, 2.24) is 15.1 Å². The lowest BCUT2D eigenvalue weighted by Crippen LogP contribution is -2.45. The molecule has 3 rings (SSSR count). The fourth-order valence-electron chi connectivity index (χ4n) is 2.71. The molecular weight excluding hydrogens is 351 g/mol. The maximum Gasteiger partial charge on any atom is 0.249 e. The summed E-state index contributed by atoms with van der Waals surface area (Å²) in [5.41, 5.74) is 6.70. The fraction of sp³-hybridized carbons (Fsp3) is 0.438. The normalized spacial score (nSPS) is 17.1. The van der Waals surface area contributed by atoms with Crippen LogP contribution in [0.3, 0.4) is 0 Å². The van der Waals surface area contributed by atoms with Gasteiger partial charge in [0, 0.05) is 18.1 Å². The third-order valence-electron chi connectivity index (χ3n) is 4.23. The van der Waals surface area contributed by atoms with Gasteiger partial charge in [-0.05, 0) is 31.0 Å². The van der Waals surface area contributed by atoms with Gasteiger partial charge < -0.3 is 15.1 Å². The van der Waals surface area contributed by atoms with Crippen LogP contribution in [0.4, 0.5) is 0 Å².